The van der Waals surface area contributed by atoms with Crippen LogP contribution < -0.4 is 21.7 Å². The third kappa shape index (κ3) is 2.77. The molecule has 0 fully saturated rings. The minimum absolute atomic E-state index is 0.0233. The monoisotopic (exact) mass is 274 g/mol. The highest BCUT2D eigenvalue weighted by Gasteiger charge is 2.32. The average molecular weight is 274 g/mol. The summed E-state index contributed by atoms with van der Waals surface area (Å²) in [5, 5.41) is 3.23. The fourth-order valence-electron chi connectivity index (χ4n) is 2.59. The van der Waals surface area contributed by atoms with Gasteiger partial charge in [-0.25, -0.2) is 0 Å². The van der Waals surface area contributed by atoms with Crippen LogP contribution in [0.15, 0.2) is 30.1 Å². The van der Waals surface area contributed by atoms with Gasteiger partial charge in [0.25, 0.3) is 0 Å². The molecule has 20 heavy (non-hydrogen) atoms. The molecule has 0 bridgehead atoms. The number of carbonyl (C=O) groups is 1. The van der Waals surface area contributed by atoms with Gasteiger partial charge in [0, 0.05) is 24.1 Å². The van der Waals surface area contributed by atoms with Crippen LogP contribution in [0.25, 0.3) is 0 Å². The van der Waals surface area contributed by atoms with Crippen LogP contribution in [0.3, 0.4) is 0 Å². The number of anilines is 1. The maximum Gasteiger partial charge on any atom is 0.241 e. The van der Waals surface area contributed by atoms with Gasteiger partial charge >= 0.3 is 0 Å². The first-order valence-electron chi connectivity index (χ1n) is 6.80. The first-order valence-corrected chi connectivity index (χ1v) is 6.80. The number of nitrogens with zero attached hydrogens (tertiary/aromatic N) is 1. The molecule has 0 saturated carbocycles. The van der Waals surface area contributed by atoms with Gasteiger partial charge in [0.05, 0.1) is 12.6 Å². The van der Waals surface area contributed by atoms with Crippen molar-refractivity contribution in [2.24, 2.45) is 11.5 Å². The molecule has 108 valence electrons. The van der Waals surface area contributed by atoms with E-state index in [0.717, 1.165) is 17.8 Å². The zero-order chi connectivity index (χ0) is 14.7. The van der Waals surface area contributed by atoms with E-state index < -0.39 is 0 Å². The lowest BCUT2D eigenvalue weighted by Crippen LogP contribution is -2.46. The van der Waals surface area contributed by atoms with E-state index in [1.54, 1.807) is 0 Å². The van der Waals surface area contributed by atoms with Crippen molar-refractivity contribution in [1.29, 1.82) is 0 Å². The maximum atomic E-state index is 12.1. The highest BCUT2D eigenvalue weighted by molar-refractivity contribution is 5.97. The average Bonchev–Trinajstić information content (AvgIpc) is 2.81. The summed E-state index contributed by atoms with van der Waals surface area (Å²) in [5.74, 6) is -0.0474. The molecule has 1 aliphatic heterocycles. The number of fused-ring (bicyclic) bond motifs is 1. The lowest BCUT2D eigenvalue weighted by molar-refractivity contribution is -0.117. The maximum absolute atomic E-state index is 12.1. The predicted molar refractivity (Wildman–Crippen MR) is 81.2 cm³/mol. The largest absolute Gasteiger partial charge is 0.403 e. The molecule has 5 nitrogen and oxygen atoms in total. The van der Waals surface area contributed by atoms with Gasteiger partial charge < -0.3 is 21.7 Å². The number of rotatable bonds is 4. The Bertz CT molecular complexity index is 539. The topological polar surface area (TPSA) is 84.4 Å². The summed E-state index contributed by atoms with van der Waals surface area (Å²) < 4.78 is 0. The van der Waals surface area contributed by atoms with Crippen molar-refractivity contribution < 1.29 is 4.79 Å². The van der Waals surface area contributed by atoms with Crippen molar-refractivity contribution in [3.05, 3.63) is 41.2 Å². The van der Waals surface area contributed by atoms with Crippen molar-refractivity contribution in [3.63, 3.8) is 0 Å². The second-order valence-electron chi connectivity index (χ2n) is 5.19. The number of hydrogen-bond donors (Lipinski definition) is 3. The summed E-state index contributed by atoms with van der Waals surface area (Å²) in [6, 6.07) is 6.25. The van der Waals surface area contributed by atoms with Gasteiger partial charge in [-0.3, -0.25) is 4.79 Å². The molecule has 1 aromatic rings. The summed E-state index contributed by atoms with van der Waals surface area (Å²) in [6.45, 7) is 4.65. The predicted octanol–water partition coefficient (Wildman–Crippen LogP) is 0.621. The zero-order valence-electron chi connectivity index (χ0n) is 12.0. The van der Waals surface area contributed by atoms with E-state index in [-0.39, 0.29) is 18.5 Å². The van der Waals surface area contributed by atoms with Gasteiger partial charge in [0.2, 0.25) is 5.91 Å². The van der Waals surface area contributed by atoms with Gasteiger partial charge in [-0.2, -0.15) is 0 Å². The van der Waals surface area contributed by atoms with Gasteiger partial charge in [-0.1, -0.05) is 17.7 Å². The summed E-state index contributed by atoms with van der Waals surface area (Å²) in [6.07, 6.45) is 2.37. The quantitative estimate of drug-likeness (QED) is 0.751. The van der Waals surface area contributed by atoms with Crippen LogP contribution in [-0.4, -0.2) is 25.0 Å². The summed E-state index contributed by atoms with van der Waals surface area (Å²) in [4.78, 5) is 13.9. The number of hydrogen-bond acceptors (Lipinski definition) is 4. The molecule has 0 aromatic heterocycles. The van der Waals surface area contributed by atoms with E-state index in [4.69, 9.17) is 11.5 Å². The van der Waals surface area contributed by atoms with Crippen LogP contribution in [0.1, 0.15) is 18.1 Å². The van der Waals surface area contributed by atoms with Crippen LogP contribution in [0.4, 0.5) is 5.69 Å². The van der Waals surface area contributed by atoms with Crippen molar-refractivity contribution in [2.45, 2.75) is 26.3 Å². The normalized spacial score (nSPS) is 18.1. The van der Waals surface area contributed by atoms with Crippen LogP contribution in [0, 0.1) is 6.92 Å². The first-order chi connectivity index (χ1) is 9.56. The molecule has 5 heteroatoms. The van der Waals surface area contributed by atoms with E-state index in [1.165, 1.54) is 17.3 Å². The first kappa shape index (κ1) is 14.4. The van der Waals surface area contributed by atoms with E-state index in [1.807, 2.05) is 24.0 Å². The van der Waals surface area contributed by atoms with Crippen LogP contribution >= 0.6 is 0 Å². The Hall–Kier alpha value is -2.01. The van der Waals surface area contributed by atoms with Crippen LogP contribution in [0.2, 0.25) is 0 Å². The Kier molecular flexibility index (Phi) is 4.29. The summed E-state index contributed by atoms with van der Waals surface area (Å²) >= 11 is 0. The Morgan fingerprint density at radius 3 is 2.95 bits per heavy atom. The van der Waals surface area contributed by atoms with Gasteiger partial charge in [-0.05, 0) is 31.9 Å². The number of nitrogens with two attached hydrogens (primary N) is 2. The number of benzene rings is 1. The molecule has 0 radical (unpaired) electrons. The molecule has 0 aliphatic carbocycles. The van der Waals surface area contributed by atoms with Crippen LogP contribution in [0.5, 0.6) is 0 Å². The third-order valence-electron chi connectivity index (χ3n) is 3.63. The van der Waals surface area contributed by atoms with Crippen molar-refractivity contribution in [3.8, 4) is 0 Å². The van der Waals surface area contributed by atoms with Gasteiger partial charge in [0.1, 0.15) is 0 Å². The van der Waals surface area contributed by atoms with Crippen molar-refractivity contribution in [1.82, 2.24) is 5.32 Å². The Morgan fingerprint density at radius 2 is 2.30 bits per heavy atom. The number of carbonyl (C=O) groups excluding carboxylic acids is 1. The zero-order valence-corrected chi connectivity index (χ0v) is 12.0. The molecule has 1 unspecified atom stereocenters. The standard InChI is InChI=1S/C15H22N4O/c1-10-3-4-14-12(5-10)6-13(9-18-11(2)7-16)19(14)15(20)8-17/h3-5,7,13,18H,6,8-9,16-17H2,1-2H3/b11-7-. The minimum atomic E-state index is -0.0474. The molecule has 1 atom stereocenters. The summed E-state index contributed by atoms with van der Waals surface area (Å²) in [5.41, 5.74) is 15.3. The lowest BCUT2D eigenvalue weighted by atomic mass is 10.1. The van der Waals surface area contributed by atoms with Gasteiger partial charge in [-0.15, -0.1) is 0 Å². The van der Waals surface area contributed by atoms with E-state index >= 15 is 0 Å². The highest BCUT2D eigenvalue weighted by Crippen LogP contribution is 2.32. The molecule has 0 saturated heterocycles. The molecule has 2 rings (SSSR count). The molecule has 0 spiro atoms. The van der Waals surface area contributed by atoms with Gasteiger partial charge in [0.15, 0.2) is 0 Å². The molecular weight excluding hydrogens is 252 g/mol. The smallest absolute Gasteiger partial charge is 0.241 e. The van der Waals surface area contributed by atoms with E-state index in [2.05, 4.69) is 18.3 Å². The van der Waals surface area contributed by atoms with E-state index in [9.17, 15) is 4.79 Å². The van der Waals surface area contributed by atoms with Crippen molar-refractivity contribution in [2.75, 3.05) is 18.0 Å². The lowest BCUT2D eigenvalue weighted by Gasteiger charge is -2.25. The second kappa shape index (κ2) is 5.96. The summed E-state index contributed by atoms with van der Waals surface area (Å²) in [7, 11) is 0. The fourth-order valence-corrected chi connectivity index (χ4v) is 2.59. The number of amides is 1. The minimum Gasteiger partial charge on any atom is -0.403 e. The van der Waals surface area contributed by atoms with Crippen molar-refractivity contribution >= 4 is 11.6 Å². The second-order valence-corrected chi connectivity index (χ2v) is 5.19. The molecule has 1 aliphatic rings. The Balaban J connectivity index is 2.23. The Labute approximate surface area is 119 Å². The SMILES string of the molecule is C/C(=C/N)NCC1Cc2cc(C)ccc2N1C(=O)CN. The van der Waals surface area contributed by atoms with E-state index in [0.29, 0.717) is 6.54 Å². The fraction of sp³-hybridized carbons (Fsp3) is 0.400. The molecule has 1 aromatic carbocycles. The number of nitrogens with one attached hydrogen (secondary N) is 1. The molecular formula is C15H22N4O. The molecule has 1 heterocycles. The number of allylic oxidation sites excluding steroid dienone is 1. The molecule has 1 amide bonds. The van der Waals surface area contributed by atoms with Crippen LogP contribution in [-0.2, 0) is 11.2 Å². The highest BCUT2D eigenvalue weighted by atomic mass is 16.2. The third-order valence-corrected chi connectivity index (χ3v) is 3.63. The Morgan fingerprint density at radius 1 is 1.55 bits per heavy atom. The number of aryl methyl sites for hydroxylation is 1. The molecule has 5 N–H and O–H groups in total.